The van der Waals surface area contributed by atoms with E-state index in [0.29, 0.717) is 17.9 Å². The van der Waals surface area contributed by atoms with Crippen molar-refractivity contribution < 1.29 is 9.59 Å². The lowest BCUT2D eigenvalue weighted by atomic mass is 9.98. The first-order valence-corrected chi connectivity index (χ1v) is 9.32. The molecule has 0 saturated carbocycles. The molecular formula is C22H26N2O2. The molecule has 3 rings (SSSR count). The van der Waals surface area contributed by atoms with E-state index in [1.807, 2.05) is 53.4 Å². The Labute approximate surface area is 155 Å². The molecule has 1 aliphatic rings. The second kappa shape index (κ2) is 8.65. The first kappa shape index (κ1) is 18.2. The summed E-state index contributed by atoms with van der Waals surface area (Å²) in [4.78, 5) is 27.7. The van der Waals surface area contributed by atoms with Crippen molar-refractivity contribution in [3.05, 3.63) is 71.8 Å². The fourth-order valence-electron chi connectivity index (χ4n) is 3.49. The minimum absolute atomic E-state index is 0.0182. The number of carbonyl (C=O) groups is 2. The molecule has 1 N–H and O–H groups in total. The van der Waals surface area contributed by atoms with Crippen molar-refractivity contribution in [3.8, 4) is 0 Å². The molecule has 1 fully saturated rings. The molecular weight excluding hydrogens is 324 g/mol. The van der Waals surface area contributed by atoms with Crippen LogP contribution in [-0.4, -0.2) is 35.8 Å². The Morgan fingerprint density at radius 2 is 1.73 bits per heavy atom. The van der Waals surface area contributed by atoms with Gasteiger partial charge in [0.15, 0.2) is 0 Å². The van der Waals surface area contributed by atoms with E-state index < -0.39 is 6.04 Å². The molecule has 0 aliphatic carbocycles. The normalized spacial score (nSPS) is 18.2. The first-order chi connectivity index (χ1) is 12.6. The molecule has 2 unspecified atom stereocenters. The topological polar surface area (TPSA) is 49.4 Å². The Hall–Kier alpha value is -2.62. The van der Waals surface area contributed by atoms with Crippen LogP contribution in [0.15, 0.2) is 60.7 Å². The van der Waals surface area contributed by atoms with Crippen LogP contribution in [0.1, 0.15) is 35.7 Å². The van der Waals surface area contributed by atoms with E-state index in [9.17, 15) is 9.59 Å². The predicted molar refractivity (Wildman–Crippen MR) is 103 cm³/mol. The van der Waals surface area contributed by atoms with Gasteiger partial charge in [0.1, 0.15) is 6.04 Å². The number of carbonyl (C=O) groups excluding carboxylic acids is 2. The van der Waals surface area contributed by atoms with Crippen molar-refractivity contribution in [2.45, 2.75) is 32.2 Å². The van der Waals surface area contributed by atoms with E-state index in [0.717, 1.165) is 31.5 Å². The van der Waals surface area contributed by atoms with Gasteiger partial charge in [-0.3, -0.25) is 9.59 Å². The highest BCUT2D eigenvalue weighted by Crippen LogP contribution is 2.17. The summed E-state index contributed by atoms with van der Waals surface area (Å²) in [5.74, 6) is 0.324. The maximum absolute atomic E-state index is 13.1. The van der Waals surface area contributed by atoms with Crippen LogP contribution >= 0.6 is 0 Å². The minimum Gasteiger partial charge on any atom is -0.341 e. The lowest BCUT2D eigenvalue weighted by molar-refractivity contribution is -0.134. The summed E-state index contributed by atoms with van der Waals surface area (Å²) < 4.78 is 0. The second-order valence-electron chi connectivity index (χ2n) is 7.11. The molecule has 0 aromatic heterocycles. The highest BCUT2D eigenvalue weighted by molar-refractivity contribution is 5.97. The van der Waals surface area contributed by atoms with Crippen LogP contribution in [0.25, 0.3) is 0 Å². The van der Waals surface area contributed by atoms with Crippen molar-refractivity contribution in [3.63, 3.8) is 0 Å². The van der Waals surface area contributed by atoms with Crippen LogP contribution in [0.3, 0.4) is 0 Å². The van der Waals surface area contributed by atoms with Crippen molar-refractivity contribution in [1.82, 2.24) is 10.2 Å². The number of amides is 2. The zero-order chi connectivity index (χ0) is 18.4. The smallest absolute Gasteiger partial charge is 0.251 e. The average Bonchev–Trinajstić information content (AvgIpc) is 2.68. The van der Waals surface area contributed by atoms with Gasteiger partial charge in [-0.05, 0) is 36.5 Å². The number of rotatable bonds is 5. The quantitative estimate of drug-likeness (QED) is 0.900. The van der Waals surface area contributed by atoms with E-state index in [2.05, 4.69) is 12.2 Å². The summed E-state index contributed by atoms with van der Waals surface area (Å²) in [6, 6.07) is 18.4. The Morgan fingerprint density at radius 3 is 2.38 bits per heavy atom. The lowest BCUT2D eigenvalue weighted by Crippen LogP contribution is -2.52. The standard InChI is InChI=1S/C22H26N2O2/c1-17-9-8-14-24(16-17)22(26)20(15-18-10-4-2-5-11-18)23-21(25)19-12-6-3-7-13-19/h2-7,10-13,17,20H,8-9,14-16H2,1H3,(H,23,25). The van der Waals surface area contributed by atoms with Crippen LogP contribution in [0.4, 0.5) is 0 Å². The summed E-state index contributed by atoms with van der Waals surface area (Å²) in [5.41, 5.74) is 1.62. The molecule has 1 saturated heterocycles. The summed E-state index contributed by atoms with van der Waals surface area (Å²) >= 11 is 0. The van der Waals surface area contributed by atoms with Gasteiger partial charge in [0.25, 0.3) is 5.91 Å². The number of piperidine rings is 1. The molecule has 26 heavy (non-hydrogen) atoms. The summed E-state index contributed by atoms with van der Waals surface area (Å²) in [5, 5.41) is 2.96. The maximum atomic E-state index is 13.1. The van der Waals surface area contributed by atoms with Crippen LogP contribution in [0.2, 0.25) is 0 Å². The SMILES string of the molecule is CC1CCCN(C(=O)C(Cc2ccccc2)NC(=O)c2ccccc2)C1. The number of hydrogen-bond donors (Lipinski definition) is 1. The van der Waals surface area contributed by atoms with E-state index in [1.54, 1.807) is 12.1 Å². The van der Waals surface area contributed by atoms with Crippen LogP contribution in [0.5, 0.6) is 0 Å². The zero-order valence-electron chi connectivity index (χ0n) is 15.2. The van der Waals surface area contributed by atoms with Gasteiger partial charge in [0.2, 0.25) is 5.91 Å². The van der Waals surface area contributed by atoms with Gasteiger partial charge in [0.05, 0.1) is 0 Å². The van der Waals surface area contributed by atoms with Gasteiger partial charge in [0, 0.05) is 25.1 Å². The monoisotopic (exact) mass is 350 g/mol. The van der Waals surface area contributed by atoms with Crippen molar-refractivity contribution >= 4 is 11.8 Å². The summed E-state index contributed by atoms with van der Waals surface area (Å²) in [6.07, 6.45) is 2.68. The predicted octanol–water partition coefficient (Wildman–Crippen LogP) is 3.29. The second-order valence-corrected chi connectivity index (χ2v) is 7.11. The number of nitrogens with zero attached hydrogens (tertiary/aromatic N) is 1. The molecule has 2 amide bonds. The van der Waals surface area contributed by atoms with Crippen molar-refractivity contribution in [1.29, 1.82) is 0 Å². The van der Waals surface area contributed by atoms with Gasteiger partial charge in [-0.2, -0.15) is 0 Å². The Bertz CT molecular complexity index is 730. The fraction of sp³-hybridized carbons (Fsp3) is 0.364. The van der Waals surface area contributed by atoms with Gasteiger partial charge < -0.3 is 10.2 Å². The summed E-state index contributed by atoms with van der Waals surface area (Å²) in [6.45, 7) is 3.72. The highest BCUT2D eigenvalue weighted by atomic mass is 16.2. The third kappa shape index (κ3) is 4.72. The third-order valence-corrected chi connectivity index (χ3v) is 4.89. The van der Waals surface area contributed by atoms with E-state index >= 15 is 0 Å². The first-order valence-electron chi connectivity index (χ1n) is 9.32. The van der Waals surface area contributed by atoms with E-state index in [-0.39, 0.29) is 11.8 Å². The van der Waals surface area contributed by atoms with Crippen molar-refractivity contribution in [2.24, 2.45) is 5.92 Å². The minimum atomic E-state index is -0.546. The molecule has 4 nitrogen and oxygen atoms in total. The lowest BCUT2D eigenvalue weighted by Gasteiger charge is -2.34. The van der Waals surface area contributed by atoms with E-state index in [4.69, 9.17) is 0 Å². The number of benzene rings is 2. The number of hydrogen-bond acceptors (Lipinski definition) is 2. The highest BCUT2D eigenvalue weighted by Gasteiger charge is 2.29. The Balaban J connectivity index is 1.76. The van der Waals surface area contributed by atoms with Crippen LogP contribution < -0.4 is 5.32 Å². The Kier molecular flexibility index (Phi) is 6.05. The molecule has 4 heteroatoms. The van der Waals surface area contributed by atoms with Gasteiger partial charge in [-0.15, -0.1) is 0 Å². The molecule has 0 bridgehead atoms. The molecule has 1 aliphatic heterocycles. The van der Waals surface area contributed by atoms with Crippen LogP contribution in [0, 0.1) is 5.92 Å². The van der Waals surface area contributed by atoms with Crippen molar-refractivity contribution in [2.75, 3.05) is 13.1 Å². The molecule has 0 radical (unpaired) electrons. The van der Waals surface area contributed by atoms with Gasteiger partial charge in [-0.25, -0.2) is 0 Å². The van der Waals surface area contributed by atoms with E-state index in [1.165, 1.54) is 0 Å². The van der Waals surface area contributed by atoms with Gasteiger partial charge in [-0.1, -0.05) is 55.5 Å². The van der Waals surface area contributed by atoms with Crippen LogP contribution in [-0.2, 0) is 11.2 Å². The average molecular weight is 350 g/mol. The fourth-order valence-corrected chi connectivity index (χ4v) is 3.49. The molecule has 136 valence electrons. The third-order valence-electron chi connectivity index (χ3n) is 4.89. The largest absolute Gasteiger partial charge is 0.341 e. The molecule has 2 aromatic carbocycles. The zero-order valence-corrected chi connectivity index (χ0v) is 15.2. The number of likely N-dealkylation sites (tertiary alicyclic amines) is 1. The maximum Gasteiger partial charge on any atom is 0.251 e. The summed E-state index contributed by atoms with van der Waals surface area (Å²) in [7, 11) is 0. The van der Waals surface area contributed by atoms with Gasteiger partial charge >= 0.3 is 0 Å². The molecule has 2 aromatic rings. The number of nitrogens with one attached hydrogen (secondary N) is 1. The Morgan fingerprint density at radius 1 is 1.08 bits per heavy atom. The molecule has 2 atom stereocenters. The molecule has 0 spiro atoms. The molecule has 1 heterocycles.